The monoisotopic (exact) mass is 290 g/mol. The summed E-state index contributed by atoms with van der Waals surface area (Å²) in [6, 6.07) is 2.78. The average molecular weight is 290 g/mol. The van der Waals surface area contributed by atoms with Gasteiger partial charge in [0, 0.05) is 32.3 Å². The van der Waals surface area contributed by atoms with Crippen LogP contribution in [0.1, 0.15) is 44.9 Å². The largest absolute Gasteiger partial charge is 0.377 e. The molecule has 1 aromatic heterocycles. The molecule has 1 aliphatic heterocycles. The third-order valence-corrected chi connectivity index (χ3v) is 4.68. The van der Waals surface area contributed by atoms with Crippen molar-refractivity contribution in [1.82, 2.24) is 9.97 Å². The van der Waals surface area contributed by atoms with E-state index in [4.69, 9.17) is 9.72 Å². The van der Waals surface area contributed by atoms with Crippen molar-refractivity contribution in [2.75, 3.05) is 30.4 Å². The van der Waals surface area contributed by atoms with Crippen LogP contribution in [0.5, 0.6) is 0 Å². The van der Waals surface area contributed by atoms with Crippen molar-refractivity contribution >= 4 is 11.6 Å². The molecule has 2 atom stereocenters. The van der Waals surface area contributed by atoms with Gasteiger partial charge in [0.05, 0.1) is 0 Å². The summed E-state index contributed by atoms with van der Waals surface area (Å²) < 4.78 is 5.22. The Morgan fingerprint density at radius 1 is 1.29 bits per heavy atom. The van der Waals surface area contributed by atoms with Crippen molar-refractivity contribution in [1.29, 1.82) is 0 Å². The van der Waals surface area contributed by atoms with Crippen LogP contribution in [0.15, 0.2) is 6.07 Å². The maximum atomic E-state index is 5.22. The summed E-state index contributed by atoms with van der Waals surface area (Å²) in [5, 5.41) is 3.31. The molecule has 0 amide bonds. The van der Waals surface area contributed by atoms with Gasteiger partial charge in [-0.15, -0.1) is 0 Å². The molecule has 21 heavy (non-hydrogen) atoms. The van der Waals surface area contributed by atoms with Crippen molar-refractivity contribution in [2.24, 2.45) is 5.92 Å². The normalized spacial score (nSPS) is 25.0. The maximum Gasteiger partial charge on any atom is 0.158 e. The second kappa shape index (κ2) is 6.60. The minimum absolute atomic E-state index is 0.466. The van der Waals surface area contributed by atoms with Crippen molar-refractivity contribution in [3.63, 3.8) is 0 Å². The van der Waals surface area contributed by atoms with Crippen LogP contribution >= 0.6 is 0 Å². The van der Waals surface area contributed by atoms with Crippen molar-refractivity contribution in [3.05, 3.63) is 11.9 Å². The Morgan fingerprint density at radius 2 is 2.14 bits per heavy atom. The quantitative estimate of drug-likeness (QED) is 0.903. The number of aromatic nitrogens is 2. The van der Waals surface area contributed by atoms with Gasteiger partial charge in [-0.3, -0.25) is 0 Å². The van der Waals surface area contributed by atoms with E-state index < -0.39 is 0 Å². The molecule has 0 radical (unpaired) electrons. The molecule has 0 spiro atoms. The van der Waals surface area contributed by atoms with Crippen molar-refractivity contribution < 1.29 is 4.74 Å². The second-order valence-electron chi connectivity index (χ2n) is 6.08. The van der Waals surface area contributed by atoms with Gasteiger partial charge < -0.3 is 15.0 Å². The molecule has 1 aliphatic carbocycles. The number of anilines is 2. The van der Waals surface area contributed by atoms with Crippen LogP contribution in [0, 0.1) is 5.92 Å². The van der Waals surface area contributed by atoms with Crippen molar-refractivity contribution in [2.45, 2.75) is 51.7 Å². The van der Waals surface area contributed by atoms with E-state index in [0.29, 0.717) is 12.6 Å². The summed E-state index contributed by atoms with van der Waals surface area (Å²) in [7, 11) is 1.69. The van der Waals surface area contributed by atoms with Gasteiger partial charge in [-0.05, 0) is 38.5 Å². The van der Waals surface area contributed by atoms with Crippen LogP contribution in [0.3, 0.4) is 0 Å². The number of nitrogens with zero attached hydrogens (tertiary/aromatic N) is 3. The highest BCUT2D eigenvalue weighted by atomic mass is 16.5. The van der Waals surface area contributed by atoms with Gasteiger partial charge in [-0.1, -0.05) is 6.42 Å². The Labute approximate surface area is 127 Å². The number of rotatable bonds is 5. The Kier molecular flexibility index (Phi) is 4.58. The molecule has 0 bridgehead atoms. The lowest BCUT2D eigenvalue weighted by Crippen LogP contribution is -2.43. The first-order valence-electron chi connectivity index (χ1n) is 8.19. The second-order valence-corrected chi connectivity index (χ2v) is 6.08. The summed E-state index contributed by atoms with van der Waals surface area (Å²) in [5.41, 5.74) is 0. The number of ether oxygens (including phenoxy) is 1. The topological polar surface area (TPSA) is 50.3 Å². The lowest BCUT2D eigenvalue weighted by molar-refractivity contribution is 0.178. The highest BCUT2D eigenvalue weighted by Gasteiger charge is 2.35. The first-order chi connectivity index (χ1) is 10.3. The highest BCUT2D eigenvalue weighted by molar-refractivity contribution is 5.50. The Morgan fingerprint density at radius 3 is 2.95 bits per heavy atom. The number of nitrogens with one attached hydrogen (secondary N) is 1. The molecule has 1 saturated carbocycles. The molecule has 2 fully saturated rings. The fourth-order valence-corrected chi connectivity index (χ4v) is 3.83. The van der Waals surface area contributed by atoms with E-state index in [1.807, 2.05) is 0 Å². The summed E-state index contributed by atoms with van der Waals surface area (Å²) in [6.45, 7) is 4.55. The third-order valence-electron chi connectivity index (χ3n) is 4.68. The van der Waals surface area contributed by atoms with E-state index in [9.17, 15) is 0 Å². The minimum Gasteiger partial charge on any atom is -0.377 e. The van der Waals surface area contributed by atoms with Crippen molar-refractivity contribution in [3.8, 4) is 0 Å². The summed E-state index contributed by atoms with van der Waals surface area (Å²) in [5.74, 6) is 3.62. The molecular weight excluding hydrogens is 264 g/mol. The van der Waals surface area contributed by atoms with Crippen LogP contribution in [0.25, 0.3) is 0 Å². The number of methoxy groups -OCH3 is 1. The predicted molar refractivity (Wildman–Crippen MR) is 84.6 cm³/mol. The molecule has 5 heteroatoms. The van der Waals surface area contributed by atoms with E-state index in [1.165, 1.54) is 32.1 Å². The summed E-state index contributed by atoms with van der Waals surface area (Å²) >= 11 is 0. The van der Waals surface area contributed by atoms with Crippen LogP contribution in [-0.4, -0.2) is 36.2 Å². The number of piperidine rings is 1. The Hall–Kier alpha value is -1.36. The first-order valence-corrected chi connectivity index (χ1v) is 8.19. The van der Waals surface area contributed by atoms with Gasteiger partial charge in [-0.25, -0.2) is 9.97 Å². The van der Waals surface area contributed by atoms with Gasteiger partial charge in [0.15, 0.2) is 5.82 Å². The average Bonchev–Trinajstić information content (AvgIpc) is 2.96. The van der Waals surface area contributed by atoms with Gasteiger partial charge in [0.1, 0.15) is 18.2 Å². The first kappa shape index (κ1) is 14.6. The van der Waals surface area contributed by atoms with Gasteiger partial charge in [0.25, 0.3) is 0 Å². The molecule has 5 nitrogen and oxygen atoms in total. The Bertz CT molecular complexity index is 455. The molecule has 1 aromatic rings. The van der Waals surface area contributed by atoms with E-state index in [2.05, 4.69) is 28.2 Å². The van der Waals surface area contributed by atoms with Gasteiger partial charge in [0.2, 0.25) is 0 Å². The summed E-state index contributed by atoms with van der Waals surface area (Å²) in [6.07, 6.45) is 6.72. The third kappa shape index (κ3) is 3.12. The maximum absolute atomic E-state index is 5.22. The molecule has 3 rings (SSSR count). The highest BCUT2D eigenvalue weighted by Crippen LogP contribution is 2.38. The van der Waals surface area contributed by atoms with Crippen LogP contribution < -0.4 is 10.2 Å². The number of fused-ring (bicyclic) bond motifs is 1. The number of hydrogen-bond donors (Lipinski definition) is 1. The Balaban J connectivity index is 1.88. The van der Waals surface area contributed by atoms with E-state index in [1.54, 1.807) is 7.11 Å². The molecule has 116 valence electrons. The lowest BCUT2D eigenvalue weighted by Gasteiger charge is -2.38. The zero-order chi connectivity index (χ0) is 14.7. The van der Waals surface area contributed by atoms with Crippen LogP contribution in [0.2, 0.25) is 0 Å². The molecule has 2 aliphatic rings. The van der Waals surface area contributed by atoms with Crippen LogP contribution in [-0.2, 0) is 11.3 Å². The molecule has 2 unspecified atom stereocenters. The molecular formula is C16H26N4O. The molecule has 2 heterocycles. The van der Waals surface area contributed by atoms with Gasteiger partial charge in [-0.2, -0.15) is 0 Å². The van der Waals surface area contributed by atoms with Crippen LogP contribution in [0.4, 0.5) is 11.6 Å². The van der Waals surface area contributed by atoms with Gasteiger partial charge >= 0.3 is 0 Å². The van der Waals surface area contributed by atoms with E-state index in [0.717, 1.165) is 36.5 Å². The lowest BCUT2D eigenvalue weighted by atomic mass is 9.92. The van der Waals surface area contributed by atoms with E-state index in [-0.39, 0.29) is 0 Å². The standard InChI is InChI=1S/C16H26N4O/c1-3-17-14-10-16(19-15(18-14)11-21-2)20-9-5-7-12-6-4-8-13(12)20/h10,12-13H,3-9,11H2,1-2H3,(H,17,18,19). The SMILES string of the molecule is CCNc1cc(N2CCCC3CCCC32)nc(COC)n1. The molecule has 0 aromatic carbocycles. The van der Waals surface area contributed by atoms with E-state index >= 15 is 0 Å². The molecule has 1 saturated heterocycles. The minimum atomic E-state index is 0.466. The molecule has 1 N–H and O–H groups in total. The summed E-state index contributed by atoms with van der Waals surface area (Å²) in [4.78, 5) is 11.8. The smallest absolute Gasteiger partial charge is 0.158 e. The zero-order valence-corrected chi connectivity index (χ0v) is 13.1. The predicted octanol–water partition coefficient (Wildman–Crippen LogP) is 2.82. The fourth-order valence-electron chi connectivity index (χ4n) is 3.83. The number of hydrogen-bond acceptors (Lipinski definition) is 5. The zero-order valence-electron chi connectivity index (χ0n) is 13.1. The fraction of sp³-hybridized carbons (Fsp3) is 0.750.